The SMILES string of the molecule is NC(=O)CCS(=O)CC=O. The third-order valence-electron chi connectivity index (χ3n) is 0.830. The quantitative estimate of drug-likeness (QED) is 0.518. The Morgan fingerprint density at radius 3 is 2.60 bits per heavy atom. The molecule has 0 heterocycles. The first-order valence-corrected chi connectivity index (χ1v) is 4.22. The molecule has 0 rings (SSSR count). The van der Waals surface area contributed by atoms with Crippen molar-refractivity contribution in [2.24, 2.45) is 5.73 Å². The molecule has 0 aliphatic rings. The van der Waals surface area contributed by atoms with Crippen molar-refractivity contribution in [2.75, 3.05) is 11.5 Å². The average molecular weight is 163 g/mol. The number of carbonyl (C=O) groups excluding carboxylic acids is 2. The molecule has 10 heavy (non-hydrogen) atoms. The van der Waals surface area contributed by atoms with Gasteiger partial charge in [-0.3, -0.25) is 9.00 Å². The highest BCUT2D eigenvalue weighted by Crippen LogP contribution is 1.84. The summed E-state index contributed by atoms with van der Waals surface area (Å²) in [5.41, 5.74) is 4.78. The van der Waals surface area contributed by atoms with Crippen LogP contribution < -0.4 is 5.73 Å². The largest absolute Gasteiger partial charge is 0.370 e. The predicted molar refractivity (Wildman–Crippen MR) is 37.8 cm³/mol. The van der Waals surface area contributed by atoms with E-state index in [0.717, 1.165) is 0 Å². The molecule has 4 nitrogen and oxygen atoms in total. The van der Waals surface area contributed by atoms with E-state index in [0.29, 0.717) is 6.29 Å². The molecule has 0 spiro atoms. The smallest absolute Gasteiger partial charge is 0.218 e. The first kappa shape index (κ1) is 9.29. The predicted octanol–water partition coefficient (Wildman–Crippen LogP) is -1.19. The minimum Gasteiger partial charge on any atom is -0.370 e. The van der Waals surface area contributed by atoms with Gasteiger partial charge in [0.1, 0.15) is 6.29 Å². The fourth-order valence-corrected chi connectivity index (χ4v) is 1.12. The molecule has 1 amide bonds. The van der Waals surface area contributed by atoms with Crippen LogP contribution in [0.1, 0.15) is 6.42 Å². The summed E-state index contributed by atoms with van der Waals surface area (Å²) in [6.07, 6.45) is 0.650. The van der Waals surface area contributed by atoms with E-state index >= 15 is 0 Å². The van der Waals surface area contributed by atoms with Crippen molar-refractivity contribution in [3.05, 3.63) is 0 Å². The van der Waals surface area contributed by atoms with Gasteiger partial charge in [-0.2, -0.15) is 0 Å². The summed E-state index contributed by atoms with van der Waals surface area (Å²) in [5, 5.41) is 0. The molecule has 1 unspecified atom stereocenters. The van der Waals surface area contributed by atoms with E-state index in [4.69, 9.17) is 5.73 Å². The van der Waals surface area contributed by atoms with Crippen LogP contribution in [0.15, 0.2) is 0 Å². The molecule has 0 aromatic carbocycles. The maximum absolute atomic E-state index is 10.6. The molecule has 0 aliphatic carbocycles. The minimum atomic E-state index is -1.21. The summed E-state index contributed by atoms with van der Waals surface area (Å²) in [4.78, 5) is 19.9. The van der Waals surface area contributed by atoms with Crippen LogP contribution in [0.2, 0.25) is 0 Å². The Kier molecular flexibility index (Phi) is 4.74. The van der Waals surface area contributed by atoms with Crippen LogP contribution in [0.5, 0.6) is 0 Å². The zero-order chi connectivity index (χ0) is 7.98. The van der Waals surface area contributed by atoms with Gasteiger partial charge in [0.05, 0.1) is 5.75 Å². The highest BCUT2D eigenvalue weighted by molar-refractivity contribution is 7.85. The minimum absolute atomic E-state index is 0.00667. The molecule has 58 valence electrons. The van der Waals surface area contributed by atoms with Crippen molar-refractivity contribution in [1.82, 2.24) is 0 Å². The Morgan fingerprint density at radius 2 is 2.20 bits per heavy atom. The molecule has 0 saturated heterocycles. The van der Waals surface area contributed by atoms with Crippen molar-refractivity contribution >= 4 is 23.0 Å². The molecule has 2 N–H and O–H groups in total. The van der Waals surface area contributed by atoms with Crippen LogP contribution in [0.25, 0.3) is 0 Å². The van der Waals surface area contributed by atoms with Crippen LogP contribution in [0.4, 0.5) is 0 Å². The molecule has 0 aromatic heterocycles. The first-order chi connectivity index (χ1) is 4.66. The van der Waals surface area contributed by atoms with Crippen molar-refractivity contribution in [2.45, 2.75) is 6.42 Å². The normalized spacial score (nSPS) is 12.4. The van der Waals surface area contributed by atoms with Gasteiger partial charge in [-0.25, -0.2) is 0 Å². The Labute approximate surface area is 61.2 Å². The molecule has 5 heteroatoms. The lowest BCUT2D eigenvalue weighted by Crippen LogP contribution is -2.15. The molecule has 0 saturated carbocycles. The van der Waals surface area contributed by atoms with E-state index in [2.05, 4.69) is 0 Å². The Balaban J connectivity index is 3.39. The highest BCUT2D eigenvalue weighted by atomic mass is 32.2. The van der Waals surface area contributed by atoms with Crippen LogP contribution in [0, 0.1) is 0 Å². The Hall–Kier alpha value is -0.710. The summed E-state index contributed by atoms with van der Waals surface area (Å²) in [5.74, 6) is -0.305. The zero-order valence-corrected chi connectivity index (χ0v) is 6.23. The first-order valence-electron chi connectivity index (χ1n) is 2.73. The fourth-order valence-electron chi connectivity index (χ4n) is 0.374. The van der Waals surface area contributed by atoms with Gasteiger partial charge in [-0.15, -0.1) is 0 Å². The lowest BCUT2D eigenvalue weighted by atomic mass is 10.5. The van der Waals surface area contributed by atoms with E-state index < -0.39 is 16.7 Å². The van der Waals surface area contributed by atoms with E-state index in [1.54, 1.807) is 0 Å². The van der Waals surface area contributed by atoms with E-state index in [-0.39, 0.29) is 17.9 Å². The van der Waals surface area contributed by atoms with Gasteiger partial charge in [0, 0.05) is 23.0 Å². The number of amides is 1. The van der Waals surface area contributed by atoms with Crippen LogP contribution in [-0.4, -0.2) is 27.9 Å². The van der Waals surface area contributed by atoms with Gasteiger partial charge in [-0.1, -0.05) is 0 Å². The highest BCUT2D eigenvalue weighted by Gasteiger charge is 2.00. The molecule has 0 aromatic rings. The maximum Gasteiger partial charge on any atom is 0.218 e. The number of carbonyl (C=O) groups is 2. The second-order valence-electron chi connectivity index (χ2n) is 1.69. The fraction of sp³-hybridized carbons (Fsp3) is 0.600. The van der Waals surface area contributed by atoms with E-state index in [1.165, 1.54) is 0 Å². The monoisotopic (exact) mass is 163 g/mol. The summed E-state index contributed by atoms with van der Waals surface area (Å²) < 4.78 is 10.6. The van der Waals surface area contributed by atoms with Gasteiger partial charge in [0.2, 0.25) is 5.91 Å². The molecule has 0 radical (unpaired) electrons. The van der Waals surface area contributed by atoms with Gasteiger partial charge in [-0.05, 0) is 0 Å². The van der Waals surface area contributed by atoms with Gasteiger partial charge >= 0.3 is 0 Å². The van der Waals surface area contributed by atoms with Crippen molar-refractivity contribution in [1.29, 1.82) is 0 Å². The lowest BCUT2D eigenvalue weighted by molar-refractivity contribution is -0.117. The summed E-state index contributed by atoms with van der Waals surface area (Å²) in [6.45, 7) is 0. The zero-order valence-electron chi connectivity index (χ0n) is 5.41. The Morgan fingerprint density at radius 1 is 1.60 bits per heavy atom. The van der Waals surface area contributed by atoms with Crippen LogP contribution in [-0.2, 0) is 20.4 Å². The average Bonchev–Trinajstić information content (AvgIpc) is 1.85. The summed E-state index contributed by atoms with van der Waals surface area (Å²) in [7, 11) is -1.21. The van der Waals surface area contributed by atoms with E-state index in [9.17, 15) is 13.8 Å². The summed E-state index contributed by atoms with van der Waals surface area (Å²) in [6, 6.07) is 0. The van der Waals surface area contributed by atoms with Crippen molar-refractivity contribution in [3.63, 3.8) is 0 Å². The number of rotatable bonds is 5. The number of hydrogen-bond acceptors (Lipinski definition) is 3. The van der Waals surface area contributed by atoms with Gasteiger partial charge < -0.3 is 10.5 Å². The number of aldehydes is 1. The number of hydrogen-bond donors (Lipinski definition) is 1. The summed E-state index contributed by atoms with van der Waals surface area (Å²) >= 11 is 0. The second kappa shape index (κ2) is 5.10. The molecule has 1 atom stereocenters. The molecular weight excluding hydrogens is 154 g/mol. The third-order valence-corrected chi connectivity index (χ3v) is 2.00. The molecule has 0 aliphatic heterocycles. The second-order valence-corrected chi connectivity index (χ2v) is 3.31. The van der Waals surface area contributed by atoms with Crippen molar-refractivity contribution in [3.8, 4) is 0 Å². The lowest BCUT2D eigenvalue weighted by Gasteiger charge is -1.92. The van der Waals surface area contributed by atoms with Crippen LogP contribution >= 0.6 is 0 Å². The number of nitrogens with two attached hydrogens (primary N) is 1. The molecule has 0 fully saturated rings. The molecule has 0 bridgehead atoms. The third kappa shape index (κ3) is 5.43. The number of primary amides is 1. The molecular formula is C5H9NO3S. The topological polar surface area (TPSA) is 77.2 Å². The van der Waals surface area contributed by atoms with E-state index in [1.807, 2.05) is 0 Å². The van der Waals surface area contributed by atoms with Gasteiger partial charge in [0.25, 0.3) is 0 Å². The van der Waals surface area contributed by atoms with Crippen LogP contribution in [0.3, 0.4) is 0 Å². The Bertz CT molecular complexity index is 157. The van der Waals surface area contributed by atoms with Gasteiger partial charge in [0.15, 0.2) is 0 Å². The van der Waals surface area contributed by atoms with Crippen molar-refractivity contribution < 1.29 is 13.8 Å². The standard InChI is InChI=1S/C5H9NO3S/c6-5(8)1-3-10(9)4-2-7/h2H,1,3-4H2,(H2,6,8). The maximum atomic E-state index is 10.6.